The molecule has 4 bridgehead atoms. The number of esters is 1. The van der Waals surface area contributed by atoms with Crippen molar-refractivity contribution in [1.29, 1.82) is 0 Å². The number of amides is 3. The van der Waals surface area contributed by atoms with Crippen LogP contribution in [0, 0.1) is 5.92 Å². The maximum atomic E-state index is 14.2. The second-order valence-electron chi connectivity index (χ2n) is 13.9. The molecule has 2 N–H and O–H groups in total. The van der Waals surface area contributed by atoms with E-state index in [1.165, 1.54) is 52.0 Å². The van der Waals surface area contributed by atoms with E-state index in [1.54, 1.807) is 51.3 Å². The monoisotopic (exact) mass is 747 g/mol. The number of rotatable bonds is 7. The number of likely N-dealkylation sites (N-methyl/N-ethyl adjacent to an activating group) is 1. The van der Waals surface area contributed by atoms with E-state index < -0.39 is 77.7 Å². The van der Waals surface area contributed by atoms with Crippen LogP contribution in [0.2, 0.25) is 5.02 Å². The Kier molecular flexibility index (Phi) is 12.5. The summed E-state index contributed by atoms with van der Waals surface area (Å²) in [7, 11) is 7.40. The molecule has 1 aromatic rings. The zero-order valence-corrected chi connectivity index (χ0v) is 32.1. The average Bonchev–Trinajstić information content (AvgIpc) is 3.79. The number of alkyl carbamates (subject to hydrolysis) is 1. The second-order valence-corrected chi connectivity index (χ2v) is 14.2. The molecule has 15 heteroatoms. The van der Waals surface area contributed by atoms with Crippen LogP contribution < -0.4 is 15.0 Å². The maximum absolute atomic E-state index is 14.2. The summed E-state index contributed by atoms with van der Waals surface area (Å²) in [6.45, 7) is 12.0. The summed E-state index contributed by atoms with van der Waals surface area (Å²) in [5.41, 5.74) is -1.20. The van der Waals surface area contributed by atoms with Gasteiger partial charge in [-0.15, -0.1) is 0 Å². The fourth-order valence-corrected chi connectivity index (χ4v) is 7.09. The number of epoxide rings is 1. The molecule has 9 unspecified atom stereocenters. The normalized spacial score (nSPS) is 32.9. The van der Waals surface area contributed by atoms with Crippen molar-refractivity contribution in [2.75, 3.05) is 40.3 Å². The van der Waals surface area contributed by atoms with Gasteiger partial charge in [-0.1, -0.05) is 43.3 Å². The third-order valence-corrected chi connectivity index (χ3v) is 10.6. The largest absolute Gasteiger partial charge is 0.495 e. The minimum Gasteiger partial charge on any atom is -0.495 e. The Balaban J connectivity index is 1.84. The molecular formula is C37H50ClN3O11. The van der Waals surface area contributed by atoms with Gasteiger partial charge in [0.05, 0.1) is 25.3 Å². The number of carbonyl (C=O) groups is 4. The molecular weight excluding hydrogens is 698 g/mol. The zero-order chi connectivity index (χ0) is 38.9. The number of fused-ring (bicyclic) bond motifs is 5. The fraction of sp³-hybridized carbons (Fsp3) is 0.568. The molecule has 2 saturated heterocycles. The standard InChI is InChI=1S/C37H50ClN3O11/c1-19(2)33(43)40(7)22(5)34(44)51-28-17-29(42)41(8)24-15-23(16-25(47-9)30(24)38)31(49-11)20(3)13-12-14-27(48-10)37(46)18-26(50-35(45)39-37)21(4)32-36(28,6)52-32/h12-16,21-22,26-28,31-32,46H,1,17-18H2,2-11H3,(H,39,45)/b14-12-,20-13-. The number of hydrogen-bond acceptors (Lipinski definition) is 11. The van der Waals surface area contributed by atoms with Gasteiger partial charge in [0.15, 0.2) is 5.72 Å². The maximum Gasteiger partial charge on any atom is 0.409 e. The minimum atomic E-state index is -1.87. The second kappa shape index (κ2) is 16.0. The summed E-state index contributed by atoms with van der Waals surface area (Å²) in [6, 6.07) is 2.38. The number of aliphatic hydroxyl groups is 1. The molecule has 2 fully saturated rings. The molecule has 0 aromatic heterocycles. The Morgan fingerprint density at radius 1 is 1.21 bits per heavy atom. The van der Waals surface area contributed by atoms with Gasteiger partial charge in [0.25, 0.3) is 0 Å². The summed E-state index contributed by atoms with van der Waals surface area (Å²) >= 11 is 6.78. The van der Waals surface area contributed by atoms with Gasteiger partial charge in [-0.3, -0.25) is 14.9 Å². The van der Waals surface area contributed by atoms with E-state index in [9.17, 15) is 24.3 Å². The third kappa shape index (κ3) is 8.16. The molecule has 3 amide bonds. The summed E-state index contributed by atoms with van der Waals surface area (Å²) in [5, 5.41) is 14.4. The van der Waals surface area contributed by atoms with Gasteiger partial charge in [0.1, 0.15) is 46.8 Å². The molecule has 286 valence electrons. The van der Waals surface area contributed by atoms with Crippen molar-refractivity contribution in [2.45, 2.75) is 95.3 Å². The highest BCUT2D eigenvalue weighted by molar-refractivity contribution is 6.35. The molecule has 0 radical (unpaired) electrons. The fourth-order valence-electron chi connectivity index (χ4n) is 6.77. The number of nitrogens with one attached hydrogen (secondary N) is 1. The number of carbonyl (C=O) groups excluding carboxylic acids is 4. The van der Waals surface area contributed by atoms with E-state index in [1.807, 2.05) is 6.92 Å². The summed E-state index contributed by atoms with van der Waals surface area (Å²) in [6.07, 6.45) is -0.549. The van der Waals surface area contributed by atoms with Crippen molar-refractivity contribution in [3.05, 3.63) is 58.7 Å². The lowest BCUT2D eigenvalue weighted by atomic mass is 9.83. The van der Waals surface area contributed by atoms with Gasteiger partial charge in [-0.05, 0) is 51.0 Å². The van der Waals surface area contributed by atoms with Crippen molar-refractivity contribution < 1.29 is 52.7 Å². The first-order valence-corrected chi connectivity index (χ1v) is 17.3. The van der Waals surface area contributed by atoms with Crippen molar-refractivity contribution in [3.63, 3.8) is 0 Å². The van der Waals surface area contributed by atoms with Crippen LogP contribution >= 0.6 is 11.6 Å². The van der Waals surface area contributed by atoms with Crippen molar-refractivity contribution in [3.8, 4) is 5.75 Å². The molecule has 3 aliphatic rings. The number of halogens is 1. The van der Waals surface area contributed by atoms with Crippen LogP contribution in [-0.2, 0) is 38.1 Å². The smallest absolute Gasteiger partial charge is 0.409 e. The van der Waals surface area contributed by atoms with E-state index in [0.717, 1.165) is 5.57 Å². The van der Waals surface area contributed by atoms with E-state index in [4.69, 9.17) is 40.0 Å². The van der Waals surface area contributed by atoms with Crippen molar-refractivity contribution in [1.82, 2.24) is 10.2 Å². The average molecular weight is 748 g/mol. The van der Waals surface area contributed by atoms with Crippen LogP contribution in [0.5, 0.6) is 5.75 Å². The zero-order valence-electron chi connectivity index (χ0n) is 31.4. The molecule has 0 spiro atoms. The number of nitrogens with zero attached hydrogens (tertiary/aromatic N) is 2. The molecule has 0 saturated carbocycles. The topological polar surface area (TPSA) is 166 Å². The predicted molar refractivity (Wildman–Crippen MR) is 192 cm³/mol. The Bertz CT molecular complexity index is 1650. The van der Waals surface area contributed by atoms with E-state index >= 15 is 0 Å². The van der Waals surface area contributed by atoms with Crippen molar-refractivity contribution >= 4 is 41.2 Å². The van der Waals surface area contributed by atoms with E-state index in [2.05, 4.69) is 11.9 Å². The van der Waals surface area contributed by atoms with Gasteiger partial charge in [-0.25, -0.2) is 9.59 Å². The molecule has 52 heavy (non-hydrogen) atoms. The lowest BCUT2D eigenvalue weighted by Crippen LogP contribution is -2.63. The van der Waals surface area contributed by atoms with Gasteiger partial charge in [-0.2, -0.15) is 0 Å². The van der Waals surface area contributed by atoms with Crippen LogP contribution in [0.25, 0.3) is 0 Å². The molecule has 3 aliphatic heterocycles. The number of benzene rings is 1. The van der Waals surface area contributed by atoms with Gasteiger partial charge < -0.3 is 43.3 Å². The van der Waals surface area contributed by atoms with Crippen LogP contribution in [0.15, 0.2) is 48.1 Å². The lowest BCUT2D eigenvalue weighted by Gasteiger charge is -2.42. The third-order valence-electron chi connectivity index (χ3n) is 10.2. The highest BCUT2D eigenvalue weighted by atomic mass is 35.5. The van der Waals surface area contributed by atoms with Crippen LogP contribution in [-0.4, -0.2) is 111 Å². The Morgan fingerprint density at radius 3 is 2.48 bits per heavy atom. The van der Waals surface area contributed by atoms with Crippen LogP contribution in [0.1, 0.15) is 59.1 Å². The first kappa shape index (κ1) is 40.8. The van der Waals surface area contributed by atoms with E-state index in [0.29, 0.717) is 17.0 Å². The predicted octanol–water partition coefficient (Wildman–Crippen LogP) is 4.24. The Hall–Kier alpha value is -3.95. The van der Waals surface area contributed by atoms with E-state index in [-0.39, 0.29) is 23.4 Å². The Labute approximate surface area is 309 Å². The van der Waals surface area contributed by atoms with Gasteiger partial charge in [0, 0.05) is 46.2 Å². The number of methoxy groups -OCH3 is 3. The number of hydrogen-bond donors (Lipinski definition) is 2. The molecule has 4 rings (SSSR count). The van der Waals surface area contributed by atoms with Gasteiger partial charge in [0.2, 0.25) is 11.8 Å². The lowest BCUT2D eigenvalue weighted by molar-refractivity contribution is -0.161. The quantitative estimate of drug-likeness (QED) is 0.233. The number of ether oxygens (including phenoxy) is 6. The summed E-state index contributed by atoms with van der Waals surface area (Å²) < 4.78 is 35.0. The van der Waals surface area contributed by atoms with Crippen LogP contribution in [0.3, 0.4) is 0 Å². The minimum absolute atomic E-state index is 0.0802. The first-order valence-electron chi connectivity index (χ1n) is 16.9. The number of allylic oxidation sites excluding steroid dienone is 2. The molecule has 0 aliphatic carbocycles. The van der Waals surface area contributed by atoms with Gasteiger partial charge >= 0.3 is 12.1 Å². The van der Waals surface area contributed by atoms with Crippen LogP contribution in [0.4, 0.5) is 10.5 Å². The molecule has 14 nitrogen and oxygen atoms in total. The highest BCUT2D eigenvalue weighted by Gasteiger charge is 2.64. The first-order chi connectivity index (χ1) is 24.3. The highest BCUT2D eigenvalue weighted by Crippen LogP contribution is 2.49. The number of anilines is 1. The summed E-state index contributed by atoms with van der Waals surface area (Å²) in [4.78, 5) is 55.8. The SMILES string of the molecule is C=C(C)C(=O)N(C)C(C)C(=O)OC1CC(=O)N(C)c2cc(cc(OC)c2Cl)C(OC)/C(C)=C\C=C/C(OC)C2(O)CC(OC(=O)N2)C(C)C2OC12C. The molecule has 1 aromatic carbocycles. The van der Waals surface area contributed by atoms with Crippen molar-refractivity contribution in [2.24, 2.45) is 5.92 Å². The molecule has 3 heterocycles. The Morgan fingerprint density at radius 2 is 1.88 bits per heavy atom. The summed E-state index contributed by atoms with van der Waals surface area (Å²) in [5.74, 6) is -1.96. The molecule has 9 atom stereocenters.